The maximum atomic E-state index is 6.94. The van der Waals surface area contributed by atoms with Crippen molar-refractivity contribution in [2.75, 3.05) is 0 Å². The average Bonchev–Trinajstić information content (AvgIpc) is 3.20. The van der Waals surface area contributed by atoms with Crippen molar-refractivity contribution in [3.63, 3.8) is 0 Å². The minimum Gasteiger partial charge on any atom is -0.673 e. The van der Waals surface area contributed by atoms with Gasteiger partial charge in [0.1, 0.15) is 0 Å². The molecule has 0 spiro atoms. The number of benzene rings is 3. The van der Waals surface area contributed by atoms with Crippen LogP contribution in [0, 0.1) is 12.1 Å². The summed E-state index contributed by atoms with van der Waals surface area (Å²) in [7, 11) is 1.08. The predicted octanol–water partition coefficient (Wildman–Crippen LogP) is 8.15. The number of hydrogen-bond donors (Lipinski definition) is 0. The van der Waals surface area contributed by atoms with Crippen LogP contribution in [0.15, 0.2) is 103 Å². The van der Waals surface area contributed by atoms with E-state index >= 15 is 0 Å². The molecule has 0 fully saturated rings. The molecular formula is C27H33HfNSi. The van der Waals surface area contributed by atoms with Crippen molar-refractivity contribution in [3.8, 4) is 0 Å². The average molecular weight is 578 g/mol. The molecular weight excluding hydrogens is 545 g/mol. The van der Waals surface area contributed by atoms with Crippen molar-refractivity contribution in [1.82, 2.24) is 0 Å². The van der Waals surface area contributed by atoms with Crippen LogP contribution in [0.4, 0.5) is 0 Å². The minimum atomic E-state index is -0.250. The van der Waals surface area contributed by atoms with Gasteiger partial charge in [0, 0.05) is 9.52 Å². The van der Waals surface area contributed by atoms with E-state index in [9.17, 15) is 0 Å². The van der Waals surface area contributed by atoms with Gasteiger partial charge in [0.05, 0.1) is 0 Å². The third-order valence-electron chi connectivity index (χ3n) is 2.76. The van der Waals surface area contributed by atoms with E-state index in [1.165, 1.54) is 10.8 Å². The Hall–Kier alpha value is -1.68. The first-order valence-electron chi connectivity index (χ1n) is 9.64. The molecule has 0 atom stereocenters. The fourth-order valence-electron chi connectivity index (χ4n) is 1.75. The van der Waals surface area contributed by atoms with Crippen molar-refractivity contribution >= 4 is 20.3 Å². The van der Waals surface area contributed by atoms with Gasteiger partial charge in [-0.25, -0.2) is 0 Å². The smallest absolute Gasteiger partial charge is 0.673 e. The first kappa shape index (κ1) is 30.5. The zero-order valence-electron chi connectivity index (χ0n) is 18.8. The Morgan fingerprint density at radius 3 is 1.43 bits per heavy atom. The fourth-order valence-corrected chi connectivity index (χ4v) is 1.75. The summed E-state index contributed by atoms with van der Waals surface area (Å²) in [5.74, 6) is 0. The summed E-state index contributed by atoms with van der Waals surface area (Å²) in [6, 6.07) is 39.7. The zero-order valence-corrected chi connectivity index (χ0v) is 23.4. The molecule has 0 amide bonds. The molecule has 0 heterocycles. The van der Waals surface area contributed by atoms with Gasteiger partial charge in [-0.15, -0.1) is 35.2 Å². The SMILES string of the molecule is CC(C)(C)[NH-].C[Si]C.[Hf+4].[c-]1ccccc1.[c-]1ccccc1.c1ccc2[cH-]ccc2c1. The van der Waals surface area contributed by atoms with E-state index < -0.39 is 0 Å². The van der Waals surface area contributed by atoms with Crippen LogP contribution in [0.1, 0.15) is 20.8 Å². The zero-order chi connectivity index (χ0) is 21.8. The molecule has 0 saturated carbocycles. The van der Waals surface area contributed by atoms with Gasteiger partial charge in [0.2, 0.25) is 0 Å². The van der Waals surface area contributed by atoms with Gasteiger partial charge in [-0.05, 0) is 0 Å². The Morgan fingerprint density at radius 2 is 1.13 bits per heavy atom. The summed E-state index contributed by atoms with van der Waals surface area (Å²) >= 11 is 0. The first-order valence-corrected chi connectivity index (χ1v) is 11.6. The van der Waals surface area contributed by atoms with Crippen molar-refractivity contribution in [2.24, 2.45) is 0 Å². The molecule has 1 nitrogen and oxygen atoms in total. The Labute approximate surface area is 205 Å². The minimum absolute atomic E-state index is 0. The Morgan fingerprint density at radius 1 is 0.733 bits per heavy atom. The van der Waals surface area contributed by atoms with Crippen LogP contribution in [0.3, 0.4) is 0 Å². The van der Waals surface area contributed by atoms with Gasteiger partial charge in [-0.3, -0.25) is 0 Å². The maximum Gasteiger partial charge on any atom is 4.00 e. The molecule has 30 heavy (non-hydrogen) atoms. The molecule has 0 saturated heterocycles. The quantitative estimate of drug-likeness (QED) is 0.149. The van der Waals surface area contributed by atoms with Gasteiger partial charge in [0.25, 0.3) is 0 Å². The van der Waals surface area contributed by atoms with Crippen molar-refractivity contribution < 1.29 is 25.8 Å². The van der Waals surface area contributed by atoms with E-state index in [-0.39, 0.29) is 31.4 Å². The van der Waals surface area contributed by atoms with Gasteiger partial charge < -0.3 is 5.73 Å². The number of fused-ring (bicyclic) bond motifs is 1. The molecule has 0 aliphatic carbocycles. The third-order valence-corrected chi connectivity index (χ3v) is 2.76. The molecule has 0 unspecified atom stereocenters. The normalized spacial score (nSPS) is 8.87. The summed E-state index contributed by atoms with van der Waals surface area (Å²) in [4.78, 5) is 0. The van der Waals surface area contributed by atoms with Crippen LogP contribution in [-0.2, 0) is 25.8 Å². The Bertz CT molecular complexity index is 687. The molecule has 0 bridgehead atoms. The van der Waals surface area contributed by atoms with Crippen LogP contribution in [0.5, 0.6) is 0 Å². The summed E-state index contributed by atoms with van der Waals surface area (Å²) in [6.45, 7) is 9.87. The predicted molar refractivity (Wildman–Crippen MR) is 132 cm³/mol. The maximum absolute atomic E-state index is 6.94. The van der Waals surface area contributed by atoms with Crippen LogP contribution < -0.4 is 0 Å². The second kappa shape index (κ2) is 20.6. The van der Waals surface area contributed by atoms with Crippen LogP contribution in [0.25, 0.3) is 16.5 Å². The van der Waals surface area contributed by atoms with Crippen LogP contribution in [0.2, 0.25) is 13.1 Å². The molecule has 4 rings (SSSR count). The van der Waals surface area contributed by atoms with Gasteiger partial charge in [-0.1, -0.05) is 39.9 Å². The third kappa shape index (κ3) is 22.6. The monoisotopic (exact) mass is 579 g/mol. The molecule has 2 radical (unpaired) electrons. The number of nitrogens with one attached hydrogen (secondary N) is 1. The van der Waals surface area contributed by atoms with E-state index in [2.05, 4.69) is 67.7 Å². The standard InChI is InChI=1S/C9H7.2C6H5.C4H10N.C2H6Si.Hf/c1-2-5-9-7-3-6-8(9)4-1;2*1-2-4-6-5-3-1;1-4(2,3)5;1-3-2;/h1-7H;2*1-5H;5H,1-3H3;1-2H3;/q4*-1;;+4. The molecule has 0 aromatic heterocycles. The largest absolute Gasteiger partial charge is 4.00 e. The summed E-state index contributed by atoms with van der Waals surface area (Å²) in [5, 5.41) is 2.66. The molecule has 154 valence electrons. The van der Waals surface area contributed by atoms with E-state index in [0.29, 0.717) is 0 Å². The van der Waals surface area contributed by atoms with Gasteiger partial charge in [-0.2, -0.15) is 90.3 Å². The second-order valence-electron chi connectivity index (χ2n) is 7.06. The number of hydrogen-bond acceptors (Lipinski definition) is 0. The summed E-state index contributed by atoms with van der Waals surface area (Å²) < 4.78 is 0. The molecule has 1 N–H and O–H groups in total. The van der Waals surface area contributed by atoms with Crippen LogP contribution in [-0.4, -0.2) is 15.1 Å². The number of rotatable bonds is 0. The van der Waals surface area contributed by atoms with Crippen molar-refractivity contribution in [3.05, 3.63) is 121 Å². The summed E-state index contributed by atoms with van der Waals surface area (Å²) in [6.07, 6.45) is 0. The van der Waals surface area contributed by atoms with Crippen molar-refractivity contribution in [2.45, 2.75) is 39.4 Å². The molecule has 3 heteroatoms. The molecule has 0 aliphatic rings. The van der Waals surface area contributed by atoms with E-state index in [0.717, 1.165) is 9.52 Å². The van der Waals surface area contributed by atoms with Gasteiger partial charge in [0.15, 0.2) is 0 Å². The molecule has 4 aromatic carbocycles. The fraction of sp³-hybridized carbons (Fsp3) is 0.222. The Balaban J connectivity index is 0. The van der Waals surface area contributed by atoms with Crippen LogP contribution >= 0.6 is 0 Å². The topological polar surface area (TPSA) is 23.8 Å². The van der Waals surface area contributed by atoms with Crippen molar-refractivity contribution in [1.29, 1.82) is 0 Å². The van der Waals surface area contributed by atoms with E-state index in [1.807, 2.05) is 81.4 Å². The molecule has 4 aromatic rings. The van der Waals surface area contributed by atoms with E-state index in [1.54, 1.807) is 0 Å². The molecule has 0 aliphatic heterocycles. The first-order chi connectivity index (χ1) is 13.9. The van der Waals surface area contributed by atoms with E-state index in [4.69, 9.17) is 5.73 Å². The Kier molecular flexibility index (Phi) is 20.9. The second-order valence-corrected chi connectivity index (χ2v) is 8.06. The summed E-state index contributed by atoms with van der Waals surface area (Å²) in [5.41, 5.74) is 6.69. The van der Waals surface area contributed by atoms with Gasteiger partial charge >= 0.3 is 25.8 Å².